The van der Waals surface area contributed by atoms with Gasteiger partial charge in [-0.1, -0.05) is 19.1 Å². The molecule has 0 saturated carbocycles. The minimum absolute atomic E-state index is 0. The Morgan fingerprint density at radius 3 is 2.67 bits per heavy atom. The Bertz CT molecular complexity index is 877. The largest absolute Gasteiger partial charge is 0.497 e. The van der Waals surface area contributed by atoms with Gasteiger partial charge in [0, 0.05) is 26.1 Å². The van der Waals surface area contributed by atoms with Gasteiger partial charge in [0.05, 0.1) is 13.4 Å². The van der Waals surface area contributed by atoms with Crippen LogP contribution in [0, 0.1) is 0 Å². The third-order valence-corrected chi connectivity index (χ3v) is 4.50. The van der Waals surface area contributed by atoms with Crippen LogP contribution in [0.15, 0.2) is 58.4 Å². The lowest BCUT2D eigenvalue weighted by molar-refractivity contribution is 0.414. The first-order valence-corrected chi connectivity index (χ1v) is 9.82. The zero-order chi connectivity index (χ0) is 20.3. The third kappa shape index (κ3) is 7.36. The normalized spacial score (nSPS) is 11.1. The third-order valence-electron chi connectivity index (χ3n) is 4.50. The van der Waals surface area contributed by atoms with Crippen LogP contribution in [0.2, 0.25) is 0 Å². The zero-order valence-electron chi connectivity index (χ0n) is 17.4. The van der Waals surface area contributed by atoms with Crippen molar-refractivity contribution in [3.63, 3.8) is 0 Å². The molecule has 3 aromatic rings. The Labute approximate surface area is 194 Å². The van der Waals surface area contributed by atoms with Gasteiger partial charge in [0.25, 0.3) is 0 Å². The van der Waals surface area contributed by atoms with Crippen LogP contribution in [-0.2, 0) is 25.9 Å². The Balaban J connectivity index is 0.00000320. The number of hydrogen-bond donors (Lipinski definition) is 2. The fraction of sp³-hybridized carbons (Fsp3) is 0.381. The van der Waals surface area contributed by atoms with Gasteiger partial charge >= 0.3 is 0 Å². The van der Waals surface area contributed by atoms with E-state index >= 15 is 0 Å². The highest BCUT2D eigenvalue weighted by molar-refractivity contribution is 14.0. The Kier molecular flexibility index (Phi) is 10.2. The highest BCUT2D eigenvalue weighted by Crippen LogP contribution is 2.11. The van der Waals surface area contributed by atoms with Gasteiger partial charge in [-0.3, -0.25) is 0 Å². The van der Waals surface area contributed by atoms with Crippen molar-refractivity contribution in [3.05, 3.63) is 66.1 Å². The fourth-order valence-corrected chi connectivity index (χ4v) is 2.89. The summed E-state index contributed by atoms with van der Waals surface area (Å²) >= 11 is 0. The van der Waals surface area contributed by atoms with Gasteiger partial charge in [-0.15, -0.1) is 34.2 Å². The molecule has 162 valence electrons. The molecule has 9 heteroatoms. The molecule has 2 aromatic heterocycles. The predicted octanol–water partition coefficient (Wildman–Crippen LogP) is 3.04. The number of furan rings is 1. The van der Waals surface area contributed by atoms with Crippen molar-refractivity contribution >= 4 is 29.9 Å². The standard InChI is InChI=1S/C21H28N6O2.HI/c1-3-20-26-25-16-27(20)13-12-23-21(24-15-19-5-4-14-29-19)22-11-10-17-6-8-18(28-2)9-7-17;/h4-9,14,16H,3,10-13,15H2,1-2H3,(H2,22,23,24);1H. The van der Waals surface area contributed by atoms with Gasteiger partial charge < -0.3 is 24.4 Å². The molecule has 0 aliphatic carbocycles. The van der Waals surface area contributed by atoms with E-state index in [1.165, 1.54) is 5.56 Å². The summed E-state index contributed by atoms with van der Waals surface area (Å²) in [5, 5.41) is 14.9. The molecule has 30 heavy (non-hydrogen) atoms. The van der Waals surface area contributed by atoms with Crippen molar-refractivity contribution in [2.24, 2.45) is 4.99 Å². The van der Waals surface area contributed by atoms with E-state index in [1.54, 1.807) is 19.7 Å². The summed E-state index contributed by atoms with van der Waals surface area (Å²) in [6.45, 7) is 4.82. The van der Waals surface area contributed by atoms with Gasteiger partial charge in [0.2, 0.25) is 0 Å². The number of ether oxygens (including phenoxy) is 1. The molecule has 0 atom stereocenters. The van der Waals surface area contributed by atoms with Gasteiger partial charge in [-0.25, -0.2) is 4.99 Å². The first kappa shape index (κ1) is 23.7. The van der Waals surface area contributed by atoms with Crippen LogP contribution in [0.3, 0.4) is 0 Å². The molecule has 0 amide bonds. The molecule has 0 fully saturated rings. The fourth-order valence-electron chi connectivity index (χ4n) is 2.89. The van der Waals surface area contributed by atoms with Crippen LogP contribution < -0.4 is 15.4 Å². The number of nitrogens with zero attached hydrogens (tertiary/aromatic N) is 4. The molecule has 0 aliphatic heterocycles. The Hall–Kier alpha value is -2.56. The summed E-state index contributed by atoms with van der Waals surface area (Å²) in [6, 6.07) is 11.9. The Morgan fingerprint density at radius 2 is 1.97 bits per heavy atom. The number of guanidine groups is 1. The molecule has 0 saturated heterocycles. The smallest absolute Gasteiger partial charge is 0.191 e. The van der Waals surface area contributed by atoms with E-state index in [4.69, 9.17) is 9.15 Å². The maximum absolute atomic E-state index is 5.38. The monoisotopic (exact) mass is 524 g/mol. The molecule has 0 radical (unpaired) electrons. The second kappa shape index (κ2) is 12.9. The van der Waals surface area contributed by atoms with Crippen molar-refractivity contribution in [2.45, 2.75) is 32.9 Å². The molecule has 2 N–H and O–H groups in total. The van der Waals surface area contributed by atoms with E-state index in [-0.39, 0.29) is 24.0 Å². The van der Waals surface area contributed by atoms with Gasteiger partial charge in [0.1, 0.15) is 30.2 Å². The summed E-state index contributed by atoms with van der Waals surface area (Å²) < 4.78 is 12.6. The maximum Gasteiger partial charge on any atom is 0.191 e. The lowest BCUT2D eigenvalue weighted by Crippen LogP contribution is -2.40. The summed E-state index contributed by atoms with van der Waals surface area (Å²) in [4.78, 5) is 4.63. The first-order chi connectivity index (χ1) is 14.3. The van der Waals surface area contributed by atoms with Crippen LogP contribution in [0.4, 0.5) is 0 Å². The van der Waals surface area contributed by atoms with E-state index in [0.717, 1.165) is 55.8 Å². The second-order valence-corrected chi connectivity index (χ2v) is 6.49. The molecule has 2 heterocycles. The molecule has 3 rings (SSSR count). The minimum Gasteiger partial charge on any atom is -0.497 e. The molecule has 0 unspecified atom stereocenters. The zero-order valence-corrected chi connectivity index (χ0v) is 19.7. The Morgan fingerprint density at radius 1 is 1.17 bits per heavy atom. The number of hydrogen-bond acceptors (Lipinski definition) is 5. The van der Waals surface area contributed by atoms with E-state index in [0.29, 0.717) is 6.54 Å². The lowest BCUT2D eigenvalue weighted by Gasteiger charge is -2.13. The van der Waals surface area contributed by atoms with E-state index in [2.05, 4.69) is 49.4 Å². The van der Waals surface area contributed by atoms with Crippen LogP contribution in [0.25, 0.3) is 0 Å². The number of nitrogens with one attached hydrogen (secondary N) is 2. The maximum atomic E-state index is 5.38. The predicted molar refractivity (Wildman–Crippen MR) is 127 cm³/mol. The summed E-state index contributed by atoms with van der Waals surface area (Å²) in [5.74, 6) is 3.42. The van der Waals surface area contributed by atoms with E-state index in [1.807, 2.05) is 24.3 Å². The molecule has 0 bridgehead atoms. The molecule has 0 aliphatic rings. The van der Waals surface area contributed by atoms with Crippen molar-refractivity contribution in [2.75, 3.05) is 20.2 Å². The van der Waals surface area contributed by atoms with Gasteiger partial charge in [-0.05, 0) is 36.2 Å². The second-order valence-electron chi connectivity index (χ2n) is 6.49. The highest BCUT2D eigenvalue weighted by Gasteiger charge is 2.04. The van der Waals surface area contributed by atoms with Crippen molar-refractivity contribution in [1.29, 1.82) is 0 Å². The summed E-state index contributed by atoms with van der Waals surface area (Å²) in [7, 11) is 1.67. The number of methoxy groups -OCH3 is 1. The van der Waals surface area contributed by atoms with Crippen LogP contribution in [0.1, 0.15) is 24.1 Å². The van der Waals surface area contributed by atoms with Crippen molar-refractivity contribution in [1.82, 2.24) is 25.4 Å². The summed E-state index contributed by atoms with van der Waals surface area (Å²) in [6.07, 6.45) is 5.17. The van der Waals surface area contributed by atoms with E-state index in [9.17, 15) is 0 Å². The average molecular weight is 524 g/mol. The summed E-state index contributed by atoms with van der Waals surface area (Å²) in [5.41, 5.74) is 1.24. The van der Waals surface area contributed by atoms with Crippen molar-refractivity contribution in [3.8, 4) is 5.75 Å². The molecular formula is C21H29IN6O2. The van der Waals surface area contributed by atoms with Crippen molar-refractivity contribution < 1.29 is 9.15 Å². The number of halogens is 1. The lowest BCUT2D eigenvalue weighted by atomic mass is 10.1. The highest BCUT2D eigenvalue weighted by atomic mass is 127. The topological polar surface area (TPSA) is 89.5 Å². The minimum atomic E-state index is 0. The molecule has 1 aromatic carbocycles. The van der Waals surface area contributed by atoms with Crippen LogP contribution in [0.5, 0.6) is 5.75 Å². The molecule has 8 nitrogen and oxygen atoms in total. The number of benzene rings is 1. The number of aromatic nitrogens is 3. The number of aliphatic imine (C=N–C) groups is 1. The van der Waals surface area contributed by atoms with Gasteiger partial charge in [-0.2, -0.15) is 0 Å². The van der Waals surface area contributed by atoms with E-state index < -0.39 is 0 Å². The first-order valence-electron chi connectivity index (χ1n) is 9.82. The molecular weight excluding hydrogens is 495 g/mol. The number of rotatable bonds is 10. The van der Waals surface area contributed by atoms with Crippen LogP contribution >= 0.6 is 24.0 Å². The number of aryl methyl sites for hydroxylation is 1. The van der Waals surface area contributed by atoms with Gasteiger partial charge in [0.15, 0.2) is 5.96 Å². The SMILES string of the molecule is CCc1nncn1CCNC(=NCc1ccco1)NCCc1ccc(OC)cc1.I. The average Bonchev–Trinajstić information content (AvgIpc) is 3.44. The quantitative estimate of drug-likeness (QED) is 0.241. The van der Waals surface area contributed by atoms with Crippen LogP contribution in [-0.4, -0.2) is 40.9 Å². The molecule has 0 spiro atoms.